The van der Waals surface area contributed by atoms with Crippen LogP contribution in [0.1, 0.15) is 50.7 Å². The van der Waals surface area contributed by atoms with Crippen LogP contribution in [0.4, 0.5) is 5.69 Å². The molecule has 0 unspecified atom stereocenters. The van der Waals surface area contributed by atoms with Crippen molar-refractivity contribution in [3.8, 4) is 0 Å². The molecule has 2 bridgehead atoms. The van der Waals surface area contributed by atoms with Crippen molar-refractivity contribution in [3.05, 3.63) is 27.7 Å². The van der Waals surface area contributed by atoms with E-state index in [2.05, 4.69) is 35.1 Å². The summed E-state index contributed by atoms with van der Waals surface area (Å²) >= 11 is 3.53. The van der Waals surface area contributed by atoms with E-state index in [1.165, 1.54) is 4.90 Å². The molecule has 3 aliphatic rings. The molecular formula is C22H27BrN2O3. The van der Waals surface area contributed by atoms with Gasteiger partial charge in [-0.15, -0.1) is 0 Å². The SMILES string of the molecule is CCc1cc(Br)cc(CC)c1NC(=O)CCN1C(=O)[C@@H]2[C@H]3CC[C@@H](C3)[C@@H]2C1=O. The van der Waals surface area contributed by atoms with Crippen LogP contribution >= 0.6 is 15.9 Å². The van der Waals surface area contributed by atoms with Crippen molar-refractivity contribution >= 4 is 39.3 Å². The predicted octanol–water partition coefficient (Wildman–Crippen LogP) is 3.93. The van der Waals surface area contributed by atoms with Gasteiger partial charge in [-0.2, -0.15) is 0 Å². The summed E-state index contributed by atoms with van der Waals surface area (Å²) in [5.74, 6) is 0.314. The largest absolute Gasteiger partial charge is 0.326 e. The molecule has 0 radical (unpaired) electrons. The first kappa shape index (κ1) is 19.6. The molecule has 1 heterocycles. The zero-order valence-corrected chi connectivity index (χ0v) is 18.0. The number of likely N-dealkylation sites (tertiary alicyclic amines) is 1. The van der Waals surface area contributed by atoms with Crippen molar-refractivity contribution in [2.45, 2.75) is 52.4 Å². The van der Waals surface area contributed by atoms with E-state index in [1.807, 2.05) is 12.1 Å². The fourth-order valence-electron chi connectivity index (χ4n) is 5.55. The zero-order valence-electron chi connectivity index (χ0n) is 16.5. The minimum absolute atomic E-state index is 0.0397. The molecule has 6 heteroatoms. The molecule has 5 nitrogen and oxygen atoms in total. The number of imide groups is 1. The minimum Gasteiger partial charge on any atom is -0.326 e. The molecule has 2 saturated carbocycles. The van der Waals surface area contributed by atoms with Gasteiger partial charge in [-0.25, -0.2) is 0 Å². The quantitative estimate of drug-likeness (QED) is 0.672. The summed E-state index contributed by atoms with van der Waals surface area (Å²) < 4.78 is 1.01. The molecule has 0 aromatic heterocycles. The number of carbonyl (C=O) groups excluding carboxylic acids is 3. The molecule has 1 aromatic carbocycles. The lowest BCUT2D eigenvalue weighted by atomic mass is 9.81. The highest BCUT2D eigenvalue weighted by atomic mass is 79.9. The van der Waals surface area contributed by atoms with E-state index < -0.39 is 0 Å². The second-order valence-corrected chi connectivity index (χ2v) is 9.23. The van der Waals surface area contributed by atoms with E-state index in [1.54, 1.807) is 0 Å². The Hall–Kier alpha value is -1.69. The van der Waals surface area contributed by atoms with Crippen molar-refractivity contribution in [2.24, 2.45) is 23.7 Å². The van der Waals surface area contributed by atoms with Crippen molar-refractivity contribution in [2.75, 3.05) is 11.9 Å². The molecule has 1 aliphatic heterocycles. The average molecular weight is 447 g/mol. The Morgan fingerprint density at radius 3 is 2.11 bits per heavy atom. The van der Waals surface area contributed by atoms with Gasteiger partial charge in [-0.05, 0) is 67.2 Å². The number of aryl methyl sites for hydroxylation is 2. The molecule has 28 heavy (non-hydrogen) atoms. The van der Waals surface area contributed by atoms with Gasteiger partial charge >= 0.3 is 0 Å². The van der Waals surface area contributed by atoms with Crippen LogP contribution in [0.3, 0.4) is 0 Å². The van der Waals surface area contributed by atoms with Crippen LogP contribution in [-0.2, 0) is 27.2 Å². The fourth-order valence-corrected chi connectivity index (χ4v) is 6.10. The lowest BCUT2D eigenvalue weighted by molar-refractivity contribution is -0.140. The number of anilines is 1. The maximum Gasteiger partial charge on any atom is 0.233 e. The smallest absolute Gasteiger partial charge is 0.233 e. The Bertz CT molecular complexity index is 784. The summed E-state index contributed by atoms with van der Waals surface area (Å²) in [4.78, 5) is 39.5. The summed E-state index contributed by atoms with van der Waals surface area (Å²) in [5.41, 5.74) is 3.03. The number of hydrogen-bond donors (Lipinski definition) is 1. The third-order valence-electron chi connectivity index (χ3n) is 6.87. The fraction of sp³-hybridized carbons (Fsp3) is 0.591. The van der Waals surface area contributed by atoms with Crippen LogP contribution in [-0.4, -0.2) is 29.2 Å². The average Bonchev–Trinajstić information content (AvgIpc) is 3.35. The van der Waals surface area contributed by atoms with E-state index in [0.29, 0.717) is 11.8 Å². The van der Waals surface area contributed by atoms with Gasteiger partial charge in [-0.1, -0.05) is 29.8 Å². The second-order valence-electron chi connectivity index (χ2n) is 8.32. The predicted molar refractivity (Wildman–Crippen MR) is 111 cm³/mol. The molecule has 0 spiro atoms. The highest BCUT2D eigenvalue weighted by Gasteiger charge is 2.60. The summed E-state index contributed by atoms with van der Waals surface area (Å²) in [7, 11) is 0. The zero-order chi connectivity index (χ0) is 20.0. The van der Waals surface area contributed by atoms with E-state index in [9.17, 15) is 14.4 Å². The first-order valence-corrected chi connectivity index (χ1v) is 11.2. The van der Waals surface area contributed by atoms with Gasteiger partial charge in [0.2, 0.25) is 17.7 Å². The number of benzene rings is 1. The van der Waals surface area contributed by atoms with Crippen LogP contribution < -0.4 is 5.32 Å². The minimum atomic E-state index is -0.146. The Morgan fingerprint density at radius 2 is 1.61 bits per heavy atom. The monoisotopic (exact) mass is 446 g/mol. The summed E-state index contributed by atoms with van der Waals surface area (Å²) in [6.45, 7) is 4.31. The van der Waals surface area contributed by atoms with Crippen LogP contribution in [0.5, 0.6) is 0 Å². The maximum atomic E-state index is 12.8. The molecular weight excluding hydrogens is 420 g/mol. The third kappa shape index (κ3) is 3.19. The lowest BCUT2D eigenvalue weighted by Crippen LogP contribution is -2.35. The van der Waals surface area contributed by atoms with Gasteiger partial charge in [-0.3, -0.25) is 19.3 Å². The summed E-state index contributed by atoms with van der Waals surface area (Å²) in [6.07, 6.45) is 4.96. The number of amides is 3. The Balaban J connectivity index is 1.42. The number of rotatable bonds is 6. The Labute approximate surface area is 174 Å². The number of nitrogens with one attached hydrogen (secondary N) is 1. The van der Waals surface area contributed by atoms with E-state index >= 15 is 0 Å². The molecule has 2 aliphatic carbocycles. The lowest BCUT2D eigenvalue weighted by Gasteiger charge is -2.19. The number of fused-ring (bicyclic) bond motifs is 5. The van der Waals surface area contributed by atoms with Crippen molar-refractivity contribution < 1.29 is 14.4 Å². The summed E-state index contributed by atoms with van der Waals surface area (Å²) in [6, 6.07) is 4.05. The number of carbonyl (C=O) groups is 3. The third-order valence-corrected chi connectivity index (χ3v) is 7.33. The molecule has 4 rings (SSSR count). The standard InChI is InChI=1S/C22H27BrN2O3/c1-3-12-10-16(23)11-13(4-2)20(12)24-17(26)7-8-25-21(27)18-14-5-6-15(9-14)19(18)22(25)28/h10-11,14-15,18-19H,3-9H2,1-2H3,(H,24,26)/t14-,15-,18-,19+/m0/s1. The van der Waals surface area contributed by atoms with Crippen LogP contribution in [0, 0.1) is 23.7 Å². The first-order chi connectivity index (χ1) is 13.4. The highest BCUT2D eigenvalue weighted by Crippen LogP contribution is 2.56. The van der Waals surface area contributed by atoms with Gasteiger partial charge in [0.05, 0.1) is 11.8 Å². The molecule has 1 saturated heterocycles. The molecule has 1 aromatic rings. The topological polar surface area (TPSA) is 66.5 Å². The molecule has 150 valence electrons. The van der Waals surface area contributed by atoms with E-state index in [-0.39, 0.29) is 42.5 Å². The van der Waals surface area contributed by atoms with Gasteiger partial charge in [0.15, 0.2) is 0 Å². The van der Waals surface area contributed by atoms with Gasteiger partial charge < -0.3 is 5.32 Å². The van der Waals surface area contributed by atoms with Gasteiger partial charge in [0, 0.05) is 23.1 Å². The normalized spacial score (nSPS) is 28.2. The van der Waals surface area contributed by atoms with E-state index in [0.717, 1.165) is 53.4 Å². The first-order valence-electron chi connectivity index (χ1n) is 10.4. The summed E-state index contributed by atoms with van der Waals surface area (Å²) in [5, 5.41) is 3.03. The van der Waals surface area contributed by atoms with Crippen molar-refractivity contribution in [1.29, 1.82) is 0 Å². The molecule has 3 amide bonds. The van der Waals surface area contributed by atoms with Crippen molar-refractivity contribution in [3.63, 3.8) is 0 Å². The number of halogens is 1. The Kier molecular flexibility index (Phi) is 5.34. The maximum absolute atomic E-state index is 12.8. The van der Waals surface area contributed by atoms with Crippen LogP contribution in [0.15, 0.2) is 16.6 Å². The number of nitrogens with zero attached hydrogens (tertiary/aromatic N) is 1. The van der Waals surface area contributed by atoms with Crippen LogP contribution in [0.25, 0.3) is 0 Å². The number of hydrogen-bond acceptors (Lipinski definition) is 3. The highest BCUT2D eigenvalue weighted by molar-refractivity contribution is 9.10. The molecule has 1 N–H and O–H groups in total. The van der Waals surface area contributed by atoms with E-state index in [4.69, 9.17) is 0 Å². The van der Waals surface area contributed by atoms with Crippen molar-refractivity contribution in [1.82, 2.24) is 4.90 Å². The van der Waals surface area contributed by atoms with Crippen LogP contribution in [0.2, 0.25) is 0 Å². The second kappa shape index (κ2) is 7.62. The molecule has 3 fully saturated rings. The van der Waals surface area contributed by atoms with Gasteiger partial charge in [0.25, 0.3) is 0 Å². The van der Waals surface area contributed by atoms with Gasteiger partial charge in [0.1, 0.15) is 0 Å². The Morgan fingerprint density at radius 1 is 1.07 bits per heavy atom. The molecule has 4 atom stereocenters.